The van der Waals surface area contributed by atoms with Crippen molar-refractivity contribution in [3.05, 3.63) is 138 Å². The first-order chi connectivity index (χ1) is 19.7. The van der Waals surface area contributed by atoms with Gasteiger partial charge in [0.1, 0.15) is 11.9 Å². The molecule has 0 radical (unpaired) electrons. The van der Waals surface area contributed by atoms with Gasteiger partial charge >= 0.3 is 0 Å². The number of nitrogens with zero attached hydrogens (tertiary/aromatic N) is 3. The van der Waals surface area contributed by atoms with Crippen LogP contribution in [0.15, 0.2) is 109 Å². The largest absolute Gasteiger partial charge is 0.350 e. The van der Waals surface area contributed by atoms with E-state index < -0.39 is 40.2 Å². The Hall–Kier alpha value is -4.41. The number of rotatable bonds is 12. The van der Waals surface area contributed by atoms with Gasteiger partial charge in [0.2, 0.25) is 21.8 Å². The molecule has 0 bridgehead atoms. The van der Waals surface area contributed by atoms with E-state index in [9.17, 15) is 22.4 Å². The number of aromatic nitrogens is 1. The molecule has 1 aromatic heterocycles. The molecule has 1 unspecified atom stereocenters. The van der Waals surface area contributed by atoms with Crippen molar-refractivity contribution in [1.82, 2.24) is 19.5 Å². The molecule has 4 aromatic rings. The number of benzene rings is 3. The van der Waals surface area contributed by atoms with Crippen molar-refractivity contribution in [3.63, 3.8) is 0 Å². The zero-order valence-electron chi connectivity index (χ0n) is 22.6. The van der Waals surface area contributed by atoms with Gasteiger partial charge in [-0.05, 0) is 40.5 Å². The van der Waals surface area contributed by atoms with E-state index in [1.807, 2.05) is 12.1 Å². The molecule has 1 atom stereocenters. The number of hydrogen-bond acceptors (Lipinski definition) is 5. The molecule has 212 valence electrons. The van der Waals surface area contributed by atoms with Crippen LogP contribution in [0.25, 0.3) is 0 Å². The highest BCUT2D eigenvalue weighted by molar-refractivity contribution is 7.88. The average molecular weight is 575 g/mol. The number of sulfonamides is 1. The molecular weight excluding hydrogens is 543 g/mol. The van der Waals surface area contributed by atoms with Crippen molar-refractivity contribution in [2.24, 2.45) is 0 Å². The standard InChI is InChI=1S/C31H31FN4O4S/c1-41(39,40)35(21-24-9-4-2-5-10-24)23-29(37)36(22-25-14-16-28(32)17-15-25)30(27-12-6-3-7-13-27)31(38)34-20-26-11-8-18-33-19-26/h2-19,30H,20-23H2,1H3,(H,34,38). The highest BCUT2D eigenvalue weighted by atomic mass is 32.2. The topological polar surface area (TPSA) is 99.7 Å². The number of carbonyl (C=O) groups is 2. The first-order valence-electron chi connectivity index (χ1n) is 13.0. The van der Waals surface area contributed by atoms with E-state index >= 15 is 0 Å². The van der Waals surface area contributed by atoms with E-state index in [1.54, 1.807) is 73.1 Å². The van der Waals surface area contributed by atoms with Gasteiger partial charge in [0.25, 0.3) is 0 Å². The van der Waals surface area contributed by atoms with Crippen LogP contribution in [-0.2, 0) is 39.2 Å². The van der Waals surface area contributed by atoms with E-state index in [-0.39, 0.29) is 19.6 Å². The molecule has 0 aliphatic carbocycles. The number of amides is 2. The molecule has 0 aliphatic rings. The summed E-state index contributed by atoms with van der Waals surface area (Å²) >= 11 is 0. The van der Waals surface area contributed by atoms with Crippen molar-refractivity contribution >= 4 is 21.8 Å². The van der Waals surface area contributed by atoms with E-state index in [1.165, 1.54) is 29.2 Å². The molecule has 0 fully saturated rings. The minimum atomic E-state index is -3.80. The lowest BCUT2D eigenvalue weighted by atomic mass is 10.0. The Morgan fingerprint density at radius 3 is 2.05 bits per heavy atom. The number of halogens is 1. The number of nitrogens with one attached hydrogen (secondary N) is 1. The van der Waals surface area contributed by atoms with Gasteiger partial charge in [-0.15, -0.1) is 0 Å². The zero-order chi connectivity index (χ0) is 29.2. The molecule has 1 heterocycles. The number of pyridine rings is 1. The van der Waals surface area contributed by atoms with Crippen molar-refractivity contribution in [2.45, 2.75) is 25.7 Å². The van der Waals surface area contributed by atoms with Crippen LogP contribution in [-0.4, -0.2) is 47.2 Å². The summed E-state index contributed by atoms with van der Waals surface area (Å²) in [5, 5.41) is 2.89. The fourth-order valence-corrected chi connectivity index (χ4v) is 5.05. The van der Waals surface area contributed by atoms with Crippen molar-refractivity contribution in [2.75, 3.05) is 12.8 Å². The maximum absolute atomic E-state index is 14.0. The second-order valence-electron chi connectivity index (χ2n) is 9.56. The molecule has 4 rings (SSSR count). The van der Waals surface area contributed by atoms with E-state index in [0.717, 1.165) is 16.1 Å². The molecule has 41 heavy (non-hydrogen) atoms. The van der Waals surface area contributed by atoms with Crippen molar-refractivity contribution in [3.8, 4) is 0 Å². The average Bonchev–Trinajstić information content (AvgIpc) is 2.97. The highest BCUT2D eigenvalue weighted by Gasteiger charge is 2.33. The summed E-state index contributed by atoms with van der Waals surface area (Å²) < 4.78 is 40.3. The zero-order valence-corrected chi connectivity index (χ0v) is 23.4. The molecule has 3 aromatic carbocycles. The van der Waals surface area contributed by atoms with Crippen LogP contribution in [0, 0.1) is 5.82 Å². The van der Waals surface area contributed by atoms with Crippen LogP contribution in [0.4, 0.5) is 4.39 Å². The molecule has 10 heteroatoms. The summed E-state index contributed by atoms with van der Waals surface area (Å²) in [7, 11) is -3.80. The minimum Gasteiger partial charge on any atom is -0.350 e. The number of carbonyl (C=O) groups excluding carboxylic acids is 2. The Kier molecular flexibility index (Phi) is 9.94. The lowest BCUT2D eigenvalue weighted by Gasteiger charge is -2.33. The Labute approximate surface area is 239 Å². The smallest absolute Gasteiger partial charge is 0.247 e. The molecule has 0 spiro atoms. The summed E-state index contributed by atoms with van der Waals surface area (Å²) in [6.45, 7) is -0.382. The maximum Gasteiger partial charge on any atom is 0.247 e. The third kappa shape index (κ3) is 8.54. The van der Waals surface area contributed by atoms with Crippen LogP contribution >= 0.6 is 0 Å². The van der Waals surface area contributed by atoms with Gasteiger partial charge in [-0.3, -0.25) is 14.6 Å². The lowest BCUT2D eigenvalue weighted by molar-refractivity contribution is -0.141. The molecule has 0 aliphatic heterocycles. The Balaban J connectivity index is 1.69. The van der Waals surface area contributed by atoms with E-state index in [4.69, 9.17) is 0 Å². The Morgan fingerprint density at radius 2 is 1.44 bits per heavy atom. The third-order valence-electron chi connectivity index (χ3n) is 6.43. The normalized spacial score (nSPS) is 12.1. The molecule has 2 amide bonds. The first-order valence-corrected chi connectivity index (χ1v) is 14.8. The fraction of sp³-hybridized carbons (Fsp3) is 0.194. The highest BCUT2D eigenvalue weighted by Crippen LogP contribution is 2.25. The van der Waals surface area contributed by atoms with Gasteiger partial charge < -0.3 is 10.2 Å². The van der Waals surface area contributed by atoms with Crippen LogP contribution in [0.3, 0.4) is 0 Å². The lowest BCUT2D eigenvalue weighted by Crippen LogP contribution is -2.47. The summed E-state index contributed by atoms with van der Waals surface area (Å²) in [5.74, 6) is -1.47. The SMILES string of the molecule is CS(=O)(=O)N(CC(=O)N(Cc1ccc(F)cc1)C(C(=O)NCc1cccnc1)c1ccccc1)Cc1ccccc1. The monoisotopic (exact) mass is 574 g/mol. The van der Waals surface area contributed by atoms with Gasteiger partial charge in [-0.1, -0.05) is 78.9 Å². The summed E-state index contributed by atoms with van der Waals surface area (Å²) in [5.41, 5.74) is 2.61. The van der Waals surface area contributed by atoms with Crippen LogP contribution in [0.5, 0.6) is 0 Å². The summed E-state index contributed by atoms with van der Waals surface area (Å²) in [6, 6.07) is 25.8. The first kappa shape index (κ1) is 29.6. The Morgan fingerprint density at radius 1 is 0.829 bits per heavy atom. The third-order valence-corrected chi connectivity index (χ3v) is 7.63. The number of hydrogen-bond donors (Lipinski definition) is 1. The van der Waals surface area contributed by atoms with Crippen molar-refractivity contribution < 1.29 is 22.4 Å². The second kappa shape index (κ2) is 13.8. The van der Waals surface area contributed by atoms with Crippen LogP contribution in [0.2, 0.25) is 0 Å². The molecule has 0 saturated heterocycles. The predicted molar refractivity (Wildman–Crippen MR) is 154 cm³/mol. The van der Waals surface area contributed by atoms with Gasteiger partial charge in [0.05, 0.1) is 12.8 Å². The maximum atomic E-state index is 14.0. The molecule has 8 nitrogen and oxygen atoms in total. The van der Waals surface area contributed by atoms with E-state index in [0.29, 0.717) is 16.7 Å². The van der Waals surface area contributed by atoms with Gasteiger partial charge in [0, 0.05) is 32.0 Å². The van der Waals surface area contributed by atoms with Crippen LogP contribution in [0.1, 0.15) is 28.3 Å². The van der Waals surface area contributed by atoms with Gasteiger partial charge in [0.15, 0.2) is 0 Å². The molecule has 1 N–H and O–H groups in total. The van der Waals surface area contributed by atoms with Gasteiger partial charge in [-0.2, -0.15) is 4.31 Å². The Bertz CT molecular complexity index is 1540. The quantitative estimate of drug-likeness (QED) is 0.275. The van der Waals surface area contributed by atoms with E-state index in [2.05, 4.69) is 10.3 Å². The fourth-order valence-electron chi connectivity index (χ4n) is 4.33. The summed E-state index contributed by atoms with van der Waals surface area (Å²) in [6.07, 6.45) is 4.31. The molecular formula is C31H31FN4O4S. The molecule has 0 saturated carbocycles. The van der Waals surface area contributed by atoms with Crippen molar-refractivity contribution in [1.29, 1.82) is 0 Å². The minimum absolute atomic E-state index is 0.0149. The van der Waals surface area contributed by atoms with Crippen LogP contribution < -0.4 is 5.32 Å². The summed E-state index contributed by atoms with van der Waals surface area (Å²) in [4.78, 5) is 33.2. The predicted octanol–water partition coefficient (Wildman–Crippen LogP) is 4.07. The second-order valence-corrected chi connectivity index (χ2v) is 11.5. The van der Waals surface area contributed by atoms with Gasteiger partial charge in [-0.25, -0.2) is 12.8 Å².